The van der Waals surface area contributed by atoms with Crippen LogP contribution in [0, 0.1) is 0 Å². The molecule has 0 radical (unpaired) electrons. The Hall–Kier alpha value is -2.37. The fourth-order valence-corrected chi connectivity index (χ4v) is 1.75. The van der Waals surface area contributed by atoms with Crippen LogP contribution < -0.4 is 0 Å². The molecule has 3 N–H and O–H groups in total. The lowest BCUT2D eigenvalue weighted by atomic mass is 10.3. The minimum absolute atomic E-state index is 0.111. The van der Waals surface area contributed by atoms with Crippen molar-refractivity contribution in [1.29, 1.82) is 0 Å². The first-order valence-corrected chi connectivity index (χ1v) is 4.76. The van der Waals surface area contributed by atoms with Crippen molar-refractivity contribution in [2.75, 3.05) is 0 Å². The van der Waals surface area contributed by atoms with Crippen LogP contribution in [-0.2, 0) is 11.2 Å². The van der Waals surface area contributed by atoms with Crippen molar-refractivity contribution in [1.82, 2.24) is 19.9 Å². The van der Waals surface area contributed by atoms with Crippen LogP contribution in [0.2, 0.25) is 0 Å². The highest BCUT2D eigenvalue weighted by molar-refractivity contribution is 6.00. The van der Waals surface area contributed by atoms with E-state index in [0.29, 0.717) is 5.82 Å². The zero-order valence-electron chi connectivity index (χ0n) is 8.19. The number of pyridine rings is 1. The Morgan fingerprint density at radius 3 is 3.19 bits per heavy atom. The minimum atomic E-state index is -0.905. The van der Waals surface area contributed by atoms with Gasteiger partial charge in [0.2, 0.25) is 0 Å². The second-order valence-corrected chi connectivity index (χ2v) is 3.51. The summed E-state index contributed by atoms with van der Waals surface area (Å²) in [5.74, 6) is -0.463. The molecule has 0 aliphatic heterocycles. The molecular weight excluding hydrogens is 208 g/mol. The second-order valence-electron chi connectivity index (χ2n) is 3.51. The van der Waals surface area contributed by atoms with Gasteiger partial charge in [-0.05, 0) is 6.07 Å². The van der Waals surface area contributed by atoms with Gasteiger partial charge in [-0.3, -0.25) is 4.79 Å². The van der Waals surface area contributed by atoms with Crippen molar-refractivity contribution < 1.29 is 9.90 Å². The third kappa shape index (κ3) is 1.23. The Bertz CT molecular complexity index is 682. The Kier molecular flexibility index (Phi) is 1.70. The lowest BCUT2D eigenvalue weighted by Gasteiger charge is -1.88. The Labute approximate surface area is 89.3 Å². The molecule has 0 saturated heterocycles. The number of aromatic nitrogens is 4. The number of hydrogen-bond donors (Lipinski definition) is 3. The molecule has 6 nitrogen and oxygen atoms in total. The summed E-state index contributed by atoms with van der Waals surface area (Å²) in [7, 11) is 0. The van der Waals surface area contributed by atoms with E-state index >= 15 is 0 Å². The summed E-state index contributed by atoms with van der Waals surface area (Å²) >= 11 is 0. The smallest absolute Gasteiger partial charge is 0.311 e. The molecule has 0 atom stereocenters. The fraction of sp³-hybridized carbons (Fsp3) is 0.100. The zero-order valence-corrected chi connectivity index (χ0v) is 8.19. The molecule has 3 aromatic rings. The summed E-state index contributed by atoms with van der Waals surface area (Å²) in [5.41, 5.74) is 2.26. The van der Waals surface area contributed by atoms with E-state index in [9.17, 15) is 4.79 Å². The molecule has 3 aromatic heterocycles. The number of nitrogens with zero attached hydrogens (tertiary/aromatic N) is 2. The Balaban J connectivity index is 2.26. The van der Waals surface area contributed by atoms with Gasteiger partial charge in [-0.2, -0.15) is 0 Å². The SMILES string of the molecule is O=C(O)Cc1nc2c(cnc3[nH]ccc32)[nH]1. The molecule has 3 heterocycles. The first kappa shape index (κ1) is 8.90. The van der Waals surface area contributed by atoms with E-state index in [2.05, 4.69) is 19.9 Å². The number of fused-ring (bicyclic) bond motifs is 3. The van der Waals surface area contributed by atoms with Crippen LogP contribution in [0.15, 0.2) is 18.5 Å². The van der Waals surface area contributed by atoms with Crippen LogP contribution in [0.4, 0.5) is 0 Å². The highest BCUT2D eigenvalue weighted by Crippen LogP contribution is 2.20. The number of nitrogens with one attached hydrogen (secondary N) is 2. The number of H-pyrrole nitrogens is 2. The number of aliphatic carboxylic acids is 1. The topological polar surface area (TPSA) is 94.7 Å². The van der Waals surface area contributed by atoms with E-state index in [0.717, 1.165) is 22.1 Å². The molecule has 3 rings (SSSR count). The highest BCUT2D eigenvalue weighted by atomic mass is 16.4. The van der Waals surface area contributed by atoms with Crippen molar-refractivity contribution in [3.63, 3.8) is 0 Å². The molecule has 0 fully saturated rings. The quantitative estimate of drug-likeness (QED) is 0.597. The van der Waals surface area contributed by atoms with Crippen LogP contribution in [0.5, 0.6) is 0 Å². The summed E-state index contributed by atoms with van der Waals surface area (Å²) in [6, 6.07) is 1.87. The number of rotatable bonds is 2. The predicted molar refractivity (Wildman–Crippen MR) is 57.1 cm³/mol. The molecule has 0 aromatic carbocycles. The molecule has 0 amide bonds. The van der Waals surface area contributed by atoms with Gasteiger partial charge in [0.15, 0.2) is 0 Å². The number of carboxylic acids is 1. The van der Waals surface area contributed by atoms with E-state index in [-0.39, 0.29) is 6.42 Å². The average molecular weight is 216 g/mol. The predicted octanol–water partition coefficient (Wildman–Crippen LogP) is 1.07. The Morgan fingerprint density at radius 2 is 2.38 bits per heavy atom. The van der Waals surface area contributed by atoms with Crippen LogP contribution in [0.1, 0.15) is 5.82 Å². The molecular formula is C10H8N4O2. The molecule has 0 bridgehead atoms. The van der Waals surface area contributed by atoms with Gasteiger partial charge < -0.3 is 15.1 Å². The Morgan fingerprint density at radius 1 is 1.50 bits per heavy atom. The van der Waals surface area contributed by atoms with E-state index in [1.165, 1.54) is 0 Å². The summed E-state index contributed by atoms with van der Waals surface area (Å²) in [6.45, 7) is 0. The van der Waals surface area contributed by atoms with Crippen molar-refractivity contribution in [2.24, 2.45) is 0 Å². The third-order valence-corrected chi connectivity index (χ3v) is 2.40. The van der Waals surface area contributed by atoms with Crippen LogP contribution >= 0.6 is 0 Å². The normalized spacial score (nSPS) is 11.2. The average Bonchev–Trinajstić information content (AvgIpc) is 2.78. The monoisotopic (exact) mass is 216 g/mol. The maximum Gasteiger partial charge on any atom is 0.311 e. The molecule has 0 unspecified atom stereocenters. The fourth-order valence-electron chi connectivity index (χ4n) is 1.75. The van der Waals surface area contributed by atoms with Crippen molar-refractivity contribution >= 4 is 28.0 Å². The van der Waals surface area contributed by atoms with Gasteiger partial charge in [0.05, 0.1) is 11.7 Å². The molecule has 0 spiro atoms. The standard InChI is InChI=1S/C10H8N4O2/c15-8(16)3-7-13-6-4-12-10-5(1-2-11-10)9(6)14-7/h1-2,4H,3H2,(H,11,12)(H,13,14)(H,15,16). The van der Waals surface area contributed by atoms with Crippen LogP contribution in [-0.4, -0.2) is 31.0 Å². The molecule has 0 aliphatic carbocycles. The molecule has 0 saturated carbocycles. The minimum Gasteiger partial charge on any atom is -0.481 e. The van der Waals surface area contributed by atoms with Gasteiger partial charge in [0.25, 0.3) is 0 Å². The first-order valence-electron chi connectivity index (χ1n) is 4.76. The number of hydrogen-bond acceptors (Lipinski definition) is 3. The lowest BCUT2D eigenvalue weighted by molar-refractivity contribution is -0.136. The van der Waals surface area contributed by atoms with Gasteiger partial charge in [0, 0.05) is 11.6 Å². The number of aromatic amines is 2. The third-order valence-electron chi connectivity index (χ3n) is 2.40. The van der Waals surface area contributed by atoms with Crippen LogP contribution in [0.25, 0.3) is 22.1 Å². The van der Waals surface area contributed by atoms with Gasteiger partial charge in [-0.1, -0.05) is 0 Å². The van der Waals surface area contributed by atoms with Crippen molar-refractivity contribution in [2.45, 2.75) is 6.42 Å². The number of carboxylic acid groups (broad SMARTS) is 1. The number of imidazole rings is 1. The summed E-state index contributed by atoms with van der Waals surface area (Å²) in [6.07, 6.45) is 3.32. The largest absolute Gasteiger partial charge is 0.481 e. The summed E-state index contributed by atoms with van der Waals surface area (Å²) in [4.78, 5) is 24.9. The lowest BCUT2D eigenvalue weighted by Crippen LogP contribution is -2.01. The summed E-state index contributed by atoms with van der Waals surface area (Å²) in [5, 5.41) is 9.58. The van der Waals surface area contributed by atoms with E-state index in [4.69, 9.17) is 5.11 Å². The summed E-state index contributed by atoms with van der Waals surface area (Å²) < 4.78 is 0. The molecule has 6 heteroatoms. The van der Waals surface area contributed by atoms with Gasteiger partial charge in [0.1, 0.15) is 23.4 Å². The van der Waals surface area contributed by atoms with Crippen molar-refractivity contribution in [3.05, 3.63) is 24.3 Å². The molecule has 0 aliphatic rings. The molecule has 16 heavy (non-hydrogen) atoms. The zero-order chi connectivity index (χ0) is 11.1. The van der Waals surface area contributed by atoms with E-state index in [1.54, 1.807) is 12.4 Å². The second kappa shape index (κ2) is 3.06. The van der Waals surface area contributed by atoms with E-state index < -0.39 is 5.97 Å². The maximum absolute atomic E-state index is 10.6. The molecule has 80 valence electrons. The maximum atomic E-state index is 10.6. The van der Waals surface area contributed by atoms with Gasteiger partial charge in [-0.15, -0.1) is 0 Å². The van der Waals surface area contributed by atoms with Crippen LogP contribution in [0.3, 0.4) is 0 Å². The van der Waals surface area contributed by atoms with Gasteiger partial charge in [-0.25, -0.2) is 9.97 Å². The van der Waals surface area contributed by atoms with Gasteiger partial charge >= 0.3 is 5.97 Å². The number of carbonyl (C=O) groups is 1. The van der Waals surface area contributed by atoms with E-state index in [1.807, 2.05) is 6.07 Å². The first-order chi connectivity index (χ1) is 7.74. The van der Waals surface area contributed by atoms with Crippen molar-refractivity contribution in [3.8, 4) is 0 Å². The highest BCUT2D eigenvalue weighted by Gasteiger charge is 2.10.